The number of benzene rings is 3. The Bertz CT molecular complexity index is 1510. The van der Waals surface area contributed by atoms with Crippen molar-refractivity contribution in [2.45, 2.75) is 9.79 Å². The Morgan fingerprint density at radius 2 is 1.55 bits per heavy atom. The summed E-state index contributed by atoms with van der Waals surface area (Å²) in [5.41, 5.74) is -0.934. The van der Waals surface area contributed by atoms with Crippen molar-refractivity contribution in [1.82, 2.24) is 0 Å². The molecule has 0 saturated carbocycles. The van der Waals surface area contributed by atoms with Crippen molar-refractivity contribution in [2.75, 3.05) is 7.11 Å². The Labute approximate surface area is 208 Å². The number of phenolic OH excluding ortho intramolecular Hbond substituents is 1. The number of hydrogen-bond donors (Lipinski definition) is 3. The first-order valence-electron chi connectivity index (χ1n) is 8.32. The molecule has 0 aliphatic heterocycles. The molecule has 0 aliphatic carbocycles. The van der Waals surface area contributed by atoms with Crippen molar-refractivity contribution in [3.8, 4) is 11.5 Å². The normalized spacial score (nSPS) is 12.0. The van der Waals surface area contributed by atoms with E-state index in [1.807, 2.05) is 0 Å². The van der Waals surface area contributed by atoms with Crippen LogP contribution in [0.3, 0.4) is 0 Å². The summed E-state index contributed by atoms with van der Waals surface area (Å²) in [5, 5.41) is 27.9. The maximum Gasteiger partial charge on any atom is 1.00 e. The number of hydrogen-bond acceptors (Lipinski definition) is 10. The minimum absolute atomic E-state index is 0. The second kappa shape index (κ2) is 9.68. The fourth-order valence-electron chi connectivity index (χ4n) is 2.85. The number of aromatic hydroxyl groups is 1. The number of phenols is 1. The molecule has 0 aromatic heterocycles. The summed E-state index contributed by atoms with van der Waals surface area (Å²) >= 11 is 0. The number of fused-ring (bicyclic) bond motifs is 1. The molecule has 3 aromatic rings. The molecule has 0 saturated heterocycles. The van der Waals surface area contributed by atoms with E-state index in [-0.39, 0.29) is 46.7 Å². The molecule has 3 aromatic carbocycles. The Morgan fingerprint density at radius 3 is 2.09 bits per heavy atom. The van der Waals surface area contributed by atoms with Crippen molar-refractivity contribution < 1.29 is 70.3 Å². The summed E-state index contributed by atoms with van der Waals surface area (Å²) in [5.74, 6) is -0.929. The minimum atomic E-state index is -4.93. The molecule has 0 amide bonds. The van der Waals surface area contributed by atoms with Crippen LogP contribution in [0, 0.1) is 10.1 Å². The Balaban J connectivity index is 0.00000385. The van der Waals surface area contributed by atoms with Crippen molar-refractivity contribution >= 4 is 48.1 Å². The first kappa shape index (κ1) is 26.6. The van der Waals surface area contributed by atoms with Crippen LogP contribution in [0.5, 0.6) is 11.5 Å². The Hall–Kier alpha value is -2.66. The van der Waals surface area contributed by atoms with Gasteiger partial charge in [-0.2, -0.15) is 16.8 Å². The average Bonchev–Trinajstić information content (AvgIpc) is 2.71. The van der Waals surface area contributed by atoms with Gasteiger partial charge in [0, 0.05) is 16.8 Å². The zero-order valence-corrected chi connectivity index (χ0v) is 20.5. The zero-order valence-electron chi connectivity index (χ0n) is 16.9. The van der Waals surface area contributed by atoms with Crippen molar-refractivity contribution in [2.24, 2.45) is 10.2 Å². The third kappa shape index (κ3) is 5.47. The molecule has 0 bridgehead atoms. The second-order valence-corrected chi connectivity index (χ2v) is 8.96. The summed E-state index contributed by atoms with van der Waals surface area (Å²) in [6.45, 7) is 0. The molecule has 0 heterocycles. The SMILES string of the molecule is COc1cc([N+](=O)[O-])ccc1N=Nc1cc(S(=O)(=O)O)c2cccc(S(=O)(=O)O)c2c1O.[Na+]. The summed E-state index contributed by atoms with van der Waals surface area (Å²) in [7, 11) is -8.64. The van der Waals surface area contributed by atoms with Crippen LogP contribution in [0.25, 0.3) is 10.8 Å². The van der Waals surface area contributed by atoms with Gasteiger partial charge in [0.05, 0.1) is 18.1 Å². The van der Waals surface area contributed by atoms with Crippen LogP contribution in [0.2, 0.25) is 0 Å². The fourth-order valence-corrected chi connectivity index (χ4v) is 4.28. The van der Waals surface area contributed by atoms with E-state index in [4.69, 9.17) is 4.74 Å². The van der Waals surface area contributed by atoms with Gasteiger partial charge in [0.25, 0.3) is 25.9 Å². The molecule has 0 fully saturated rings. The van der Waals surface area contributed by atoms with E-state index >= 15 is 0 Å². The van der Waals surface area contributed by atoms with E-state index in [1.54, 1.807) is 0 Å². The van der Waals surface area contributed by atoms with E-state index in [9.17, 15) is 41.2 Å². The molecule has 3 rings (SSSR count). The van der Waals surface area contributed by atoms with Crippen LogP contribution in [-0.2, 0) is 20.2 Å². The van der Waals surface area contributed by atoms with Gasteiger partial charge >= 0.3 is 29.6 Å². The summed E-state index contributed by atoms with van der Waals surface area (Å²) in [4.78, 5) is 8.58. The van der Waals surface area contributed by atoms with E-state index in [1.165, 1.54) is 13.2 Å². The van der Waals surface area contributed by atoms with E-state index in [0.29, 0.717) is 0 Å². The fraction of sp³-hybridized carbons (Fsp3) is 0.0588. The van der Waals surface area contributed by atoms with Gasteiger partial charge in [-0.25, -0.2) is 0 Å². The molecular weight excluding hydrogens is 493 g/mol. The van der Waals surface area contributed by atoms with Crippen molar-refractivity contribution in [3.05, 3.63) is 52.6 Å². The number of nitro groups is 1. The number of non-ortho nitro benzene ring substituents is 1. The number of nitro benzene ring substituents is 1. The topological polar surface area (TPSA) is 206 Å². The zero-order chi connectivity index (χ0) is 23.8. The van der Waals surface area contributed by atoms with E-state index in [0.717, 1.165) is 36.4 Å². The van der Waals surface area contributed by atoms with Crippen LogP contribution >= 0.6 is 0 Å². The predicted octanol–water partition coefficient (Wildman–Crippen LogP) is 0.375. The summed E-state index contributed by atoms with van der Waals surface area (Å²) in [6, 6.07) is 7.17. The maximum atomic E-state index is 11.9. The van der Waals surface area contributed by atoms with Gasteiger partial charge in [-0.15, -0.1) is 10.2 Å². The summed E-state index contributed by atoms with van der Waals surface area (Å²) in [6.07, 6.45) is 0. The standard InChI is InChI=1S/C17H13N3O10S2.Na/c1-30-13-7-9(20(22)23)5-6-11(13)18-19-12-8-15(32(27,28)29)10-3-2-4-14(31(24,25)26)16(10)17(12)21;/h2-8,21H,1H3,(H,24,25,26)(H,27,28,29);/q;+1. The van der Waals surface area contributed by atoms with E-state index in [2.05, 4.69) is 10.2 Å². The molecule has 16 heteroatoms. The number of nitrogens with zero attached hydrogens (tertiary/aromatic N) is 3. The van der Waals surface area contributed by atoms with Crippen LogP contribution < -0.4 is 34.3 Å². The first-order valence-corrected chi connectivity index (χ1v) is 11.2. The van der Waals surface area contributed by atoms with Crippen LogP contribution in [0.4, 0.5) is 17.1 Å². The van der Waals surface area contributed by atoms with Gasteiger partial charge in [-0.05, 0) is 18.2 Å². The van der Waals surface area contributed by atoms with Gasteiger partial charge < -0.3 is 9.84 Å². The predicted molar refractivity (Wildman–Crippen MR) is 109 cm³/mol. The largest absolute Gasteiger partial charge is 1.00 e. The van der Waals surface area contributed by atoms with Gasteiger partial charge in [0.1, 0.15) is 21.2 Å². The smallest absolute Gasteiger partial charge is 0.505 e. The quantitative estimate of drug-likeness (QED) is 0.138. The molecule has 0 atom stereocenters. The second-order valence-electron chi connectivity index (χ2n) is 6.18. The van der Waals surface area contributed by atoms with Crippen LogP contribution in [0.1, 0.15) is 0 Å². The number of rotatable bonds is 6. The van der Waals surface area contributed by atoms with Crippen molar-refractivity contribution in [3.63, 3.8) is 0 Å². The molecular formula is C17H13N3NaO10S2+. The maximum absolute atomic E-state index is 11.9. The molecule has 0 unspecified atom stereocenters. The Kier molecular flexibility index (Phi) is 7.80. The molecule has 33 heavy (non-hydrogen) atoms. The number of ether oxygens (including phenoxy) is 1. The van der Waals surface area contributed by atoms with Gasteiger partial charge in [0.2, 0.25) is 0 Å². The van der Waals surface area contributed by atoms with E-state index < -0.39 is 57.2 Å². The molecule has 0 aliphatic rings. The molecule has 0 spiro atoms. The van der Waals surface area contributed by atoms with Crippen molar-refractivity contribution in [1.29, 1.82) is 0 Å². The minimum Gasteiger partial charge on any atom is -0.505 e. The molecule has 0 radical (unpaired) electrons. The van der Waals surface area contributed by atoms with Gasteiger partial charge in [0.15, 0.2) is 11.5 Å². The molecule has 3 N–H and O–H groups in total. The molecule has 13 nitrogen and oxygen atoms in total. The van der Waals surface area contributed by atoms with Crippen LogP contribution in [-0.4, -0.2) is 43.1 Å². The third-order valence-electron chi connectivity index (χ3n) is 4.23. The number of methoxy groups -OCH3 is 1. The summed E-state index contributed by atoms with van der Waals surface area (Å²) < 4.78 is 71.2. The number of azo groups is 1. The monoisotopic (exact) mass is 506 g/mol. The first-order chi connectivity index (χ1) is 14.8. The Morgan fingerprint density at radius 1 is 0.939 bits per heavy atom. The van der Waals surface area contributed by atoms with Gasteiger partial charge in [-0.1, -0.05) is 12.1 Å². The molecule has 168 valence electrons. The van der Waals surface area contributed by atoms with Gasteiger partial charge in [-0.3, -0.25) is 19.2 Å². The van der Waals surface area contributed by atoms with Crippen LogP contribution in [0.15, 0.2) is 62.5 Å². The third-order valence-corrected chi connectivity index (χ3v) is 6.02. The average molecular weight is 506 g/mol.